The second-order valence-corrected chi connectivity index (χ2v) is 9.24. The van der Waals surface area contributed by atoms with E-state index in [1.807, 2.05) is 0 Å². The molecule has 0 aliphatic carbocycles. The lowest BCUT2D eigenvalue weighted by atomic mass is 10.1. The molecule has 2 N–H and O–H groups in total. The fourth-order valence-electron chi connectivity index (χ4n) is 2.27. The number of aliphatic hydroxyl groups is 1. The fourth-order valence-corrected chi connectivity index (χ4v) is 2.85. The molecule has 0 aromatic heterocycles. The minimum absolute atomic E-state index is 0.217. The number of hydrogen-bond acceptors (Lipinski definition) is 9. The molecule has 2 unspecified atom stereocenters. The van der Waals surface area contributed by atoms with E-state index >= 15 is 0 Å². The van der Waals surface area contributed by atoms with Crippen molar-refractivity contribution in [1.29, 1.82) is 0 Å². The van der Waals surface area contributed by atoms with Crippen LogP contribution < -0.4 is 10.1 Å². The highest BCUT2D eigenvalue weighted by molar-refractivity contribution is 7.86. The predicted octanol–water partition coefficient (Wildman–Crippen LogP) is 1.36. The van der Waals surface area contributed by atoms with Crippen LogP contribution in [0, 0.1) is 0 Å². The van der Waals surface area contributed by atoms with Crippen molar-refractivity contribution in [1.82, 2.24) is 5.32 Å². The molecule has 10 nitrogen and oxygen atoms in total. The summed E-state index contributed by atoms with van der Waals surface area (Å²) in [5.74, 6) is -0.974. The number of aliphatic hydroxyl groups excluding tert-OH is 1. The second-order valence-electron chi connectivity index (χ2n) is 7.38. The van der Waals surface area contributed by atoms with Gasteiger partial charge in [-0.15, -0.1) is 0 Å². The number of benzene rings is 1. The molecule has 2 atom stereocenters. The minimum Gasteiger partial charge on any atom is -0.444 e. The van der Waals surface area contributed by atoms with Crippen molar-refractivity contribution >= 4 is 22.2 Å². The predicted molar refractivity (Wildman–Crippen MR) is 107 cm³/mol. The van der Waals surface area contributed by atoms with Gasteiger partial charge in [-0.25, -0.2) is 4.79 Å². The molecule has 0 saturated carbocycles. The van der Waals surface area contributed by atoms with Crippen molar-refractivity contribution in [3.63, 3.8) is 0 Å². The maximum absolute atomic E-state index is 12.0. The van der Waals surface area contributed by atoms with E-state index in [-0.39, 0.29) is 18.6 Å². The van der Waals surface area contributed by atoms with E-state index in [9.17, 15) is 23.1 Å². The maximum Gasteiger partial charge on any atom is 0.408 e. The lowest BCUT2D eigenvalue weighted by Crippen LogP contribution is -2.47. The van der Waals surface area contributed by atoms with Crippen LogP contribution in [0.2, 0.25) is 0 Å². The number of hydrogen-bond donors (Lipinski definition) is 2. The Kier molecular flexibility index (Phi) is 9.69. The van der Waals surface area contributed by atoms with Gasteiger partial charge in [-0.2, -0.15) is 8.42 Å². The van der Waals surface area contributed by atoms with E-state index < -0.39 is 45.9 Å². The van der Waals surface area contributed by atoms with Crippen LogP contribution in [0.3, 0.4) is 0 Å². The van der Waals surface area contributed by atoms with Crippen molar-refractivity contribution in [2.45, 2.75) is 51.5 Å². The quantitative estimate of drug-likeness (QED) is 0.236. The third-order valence-electron chi connectivity index (χ3n) is 3.71. The Morgan fingerprint density at radius 2 is 1.73 bits per heavy atom. The molecule has 170 valence electrons. The number of alkyl carbamates (subject to hydrolysis) is 1. The molecule has 0 spiro atoms. The van der Waals surface area contributed by atoms with E-state index in [1.165, 1.54) is 19.2 Å². The minimum atomic E-state index is -3.74. The van der Waals surface area contributed by atoms with Crippen molar-refractivity contribution in [2.75, 3.05) is 20.0 Å². The standard InChI is InChI=1S/C19H29NO9S/c1-19(2,3)29-18(23)20-15(17(22)26-4)12-13-6-8-14(9-7-13)28-16(21)10-11-30(24,25)27-5/h6-9,15,17,22H,10-12H2,1-5H3,(H,20,23). The zero-order valence-corrected chi connectivity index (χ0v) is 18.5. The summed E-state index contributed by atoms with van der Waals surface area (Å²) in [7, 11) is -1.42. The van der Waals surface area contributed by atoms with Crippen LogP contribution in [0.25, 0.3) is 0 Å². The molecule has 11 heteroatoms. The normalized spacial score (nSPS) is 13.9. The number of ether oxygens (including phenoxy) is 3. The van der Waals surface area contributed by atoms with Gasteiger partial charge in [-0.3, -0.25) is 8.98 Å². The summed E-state index contributed by atoms with van der Waals surface area (Å²) >= 11 is 0. The highest BCUT2D eigenvalue weighted by atomic mass is 32.2. The number of nitrogens with one attached hydrogen (secondary N) is 1. The number of carbonyl (C=O) groups excluding carboxylic acids is 2. The maximum atomic E-state index is 12.0. The summed E-state index contributed by atoms with van der Waals surface area (Å²) in [5.41, 5.74) is 0.0229. The van der Waals surface area contributed by atoms with Crippen LogP contribution in [0.5, 0.6) is 5.75 Å². The lowest BCUT2D eigenvalue weighted by Gasteiger charge is -2.26. The van der Waals surface area contributed by atoms with Gasteiger partial charge in [0.15, 0.2) is 6.29 Å². The van der Waals surface area contributed by atoms with Gasteiger partial charge in [0.05, 0.1) is 25.3 Å². The highest BCUT2D eigenvalue weighted by Crippen LogP contribution is 2.16. The first-order valence-electron chi connectivity index (χ1n) is 9.13. The van der Waals surface area contributed by atoms with Gasteiger partial charge in [0.2, 0.25) is 0 Å². The molecular weight excluding hydrogens is 418 g/mol. The average Bonchev–Trinajstić information content (AvgIpc) is 2.65. The van der Waals surface area contributed by atoms with Gasteiger partial charge >= 0.3 is 12.1 Å². The molecule has 1 aromatic carbocycles. The van der Waals surface area contributed by atoms with Gasteiger partial charge < -0.3 is 24.6 Å². The first kappa shape index (κ1) is 25.8. The number of rotatable bonds is 10. The summed E-state index contributed by atoms with van der Waals surface area (Å²) < 4.78 is 41.9. The number of carbonyl (C=O) groups is 2. The molecule has 0 aliphatic heterocycles. The van der Waals surface area contributed by atoms with Gasteiger partial charge in [0.25, 0.3) is 10.1 Å². The topological polar surface area (TPSA) is 137 Å². The molecule has 1 rings (SSSR count). The molecule has 0 aliphatic rings. The van der Waals surface area contributed by atoms with Crippen molar-refractivity contribution in [3.05, 3.63) is 29.8 Å². The molecular formula is C19H29NO9S. The molecule has 1 amide bonds. The van der Waals surface area contributed by atoms with Gasteiger partial charge in [-0.1, -0.05) is 12.1 Å². The summed E-state index contributed by atoms with van der Waals surface area (Å²) in [6.07, 6.45) is -2.09. The largest absolute Gasteiger partial charge is 0.444 e. The lowest BCUT2D eigenvalue weighted by molar-refractivity contribution is -0.133. The van der Waals surface area contributed by atoms with Gasteiger partial charge in [0.1, 0.15) is 11.4 Å². The Hall–Kier alpha value is -2.21. The van der Waals surface area contributed by atoms with Crippen LogP contribution >= 0.6 is 0 Å². The van der Waals surface area contributed by atoms with E-state index in [4.69, 9.17) is 14.2 Å². The summed E-state index contributed by atoms with van der Waals surface area (Å²) in [4.78, 5) is 23.7. The third kappa shape index (κ3) is 10.0. The Labute approximate surface area is 176 Å². The summed E-state index contributed by atoms with van der Waals surface area (Å²) in [6, 6.07) is 5.53. The third-order valence-corrected chi connectivity index (χ3v) is 4.92. The van der Waals surface area contributed by atoms with Crippen molar-refractivity contribution in [2.24, 2.45) is 0 Å². The molecule has 0 bridgehead atoms. The van der Waals surface area contributed by atoms with Gasteiger partial charge in [-0.05, 0) is 44.9 Å². The van der Waals surface area contributed by atoms with E-state index in [0.717, 1.165) is 7.11 Å². The fraction of sp³-hybridized carbons (Fsp3) is 0.579. The number of amides is 1. The molecule has 0 heterocycles. The second kappa shape index (κ2) is 11.3. The highest BCUT2D eigenvalue weighted by Gasteiger charge is 2.25. The molecule has 1 aromatic rings. The zero-order valence-electron chi connectivity index (χ0n) is 17.7. The zero-order chi connectivity index (χ0) is 22.9. The van der Waals surface area contributed by atoms with E-state index in [2.05, 4.69) is 9.50 Å². The Balaban J connectivity index is 2.70. The summed E-state index contributed by atoms with van der Waals surface area (Å²) in [6.45, 7) is 5.16. The number of methoxy groups -OCH3 is 1. The molecule has 30 heavy (non-hydrogen) atoms. The van der Waals surface area contributed by atoms with E-state index in [1.54, 1.807) is 32.9 Å². The Morgan fingerprint density at radius 3 is 2.23 bits per heavy atom. The first-order valence-corrected chi connectivity index (χ1v) is 10.7. The first-order chi connectivity index (χ1) is 13.8. The molecule has 0 saturated heterocycles. The molecule has 0 radical (unpaired) electrons. The van der Waals surface area contributed by atoms with Crippen LogP contribution in [0.4, 0.5) is 4.79 Å². The van der Waals surface area contributed by atoms with Crippen LogP contribution in [-0.2, 0) is 35.0 Å². The van der Waals surface area contributed by atoms with E-state index in [0.29, 0.717) is 5.56 Å². The smallest absolute Gasteiger partial charge is 0.408 e. The van der Waals surface area contributed by atoms with Crippen molar-refractivity contribution < 1.29 is 41.5 Å². The molecule has 0 fully saturated rings. The Bertz CT molecular complexity index is 800. The monoisotopic (exact) mass is 447 g/mol. The SMILES string of the molecule is COC(O)C(Cc1ccc(OC(=O)CCS(=O)(=O)OC)cc1)NC(=O)OC(C)(C)C. The average molecular weight is 448 g/mol. The van der Waals surface area contributed by atoms with Crippen LogP contribution in [0.1, 0.15) is 32.8 Å². The van der Waals surface area contributed by atoms with Crippen molar-refractivity contribution in [3.8, 4) is 5.75 Å². The van der Waals surface area contributed by atoms with Gasteiger partial charge in [0, 0.05) is 7.11 Å². The summed E-state index contributed by atoms with van der Waals surface area (Å²) in [5, 5.41) is 12.6. The Morgan fingerprint density at radius 1 is 1.13 bits per heavy atom. The van der Waals surface area contributed by atoms with Crippen LogP contribution in [0.15, 0.2) is 24.3 Å². The van der Waals surface area contributed by atoms with Crippen LogP contribution in [-0.4, -0.2) is 63.5 Å². The number of esters is 1.